The first kappa shape index (κ1) is 18.0. The largest absolute Gasteiger partial charge is 0.336 e. The van der Waals surface area contributed by atoms with Crippen LogP contribution in [0.15, 0.2) is 24.3 Å². The monoisotopic (exact) mass is 358 g/mol. The van der Waals surface area contributed by atoms with Gasteiger partial charge in [-0.1, -0.05) is 12.1 Å². The van der Waals surface area contributed by atoms with Crippen LogP contribution in [-0.4, -0.2) is 48.0 Å². The quantitative estimate of drug-likeness (QED) is 0.878. The molecular weight excluding hydrogens is 336 g/mol. The fourth-order valence-corrected chi connectivity index (χ4v) is 5.66. The van der Waals surface area contributed by atoms with Crippen LogP contribution in [0.1, 0.15) is 33.8 Å². The van der Waals surface area contributed by atoms with Crippen LogP contribution in [0, 0.1) is 0 Å². The summed E-state index contributed by atoms with van der Waals surface area (Å²) in [6, 6.07) is 8.65. The van der Waals surface area contributed by atoms with Crippen molar-refractivity contribution >= 4 is 41.8 Å². The van der Waals surface area contributed by atoms with Crippen molar-refractivity contribution in [2.45, 2.75) is 24.0 Å². The summed E-state index contributed by atoms with van der Waals surface area (Å²) in [5.74, 6) is 2.66. The highest BCUT2D eigenvalue weighted by atomic mass is 35.5. The Balaban J connectivity index is 0.00000176. The fourth-order valence-electron chi connectivity index (χ4n) is 2.76. The predicted molar refractivity (Wildman–Crippen MR) is 99.3 cm³/mol. The molecule has 1 aromatic rings. The minimum atomic E-state index is 0. The zero-order valence-electron chi connectivity index (χ0n) is 12.8. The van der Waals surface area contributed by atoms with Gasteiger partial charge in [0, 0.05) is 31.2 Å². The molecule has 0 spiro atoms. The minimum Gasteiger partial charge on any atom is -0.336 e. The van der Waals surface area contributed by atoms with Crippen molar-refractivity contribution in [2.24, 2.45) is 0 Å². The summed E-state index contributed by atoms with van der Waals surface area (Å²) >= 11 is 4.04. The van der Waals surface area contributed by atoms with Crippen LogP contribution >= 0.6 is 35.9 Å². The van der Waals surface area contributed by atoms with E-state index in [1.54, 1.807) is 0 Å². The van der Waals surface area contributed by atoms with Crippen LogP contribution < -0.4 is 5.32 Å². The van der Waals surface area contributed by atoms with Crippen LogP contribution in [0.3, 0.4) is 0 Å². The van der Waals surface area contributed by atoms with Gasteiger partial charge in [0.25, 0.3) is 5.91 Å². The van der Waals surface area contributed by atoms with E-state index in [9.17, 15) is 4.79 Å². The number of hydrogen-bond donors (Lipinski definition) is 1. The first-order valence-corrected chi connectivity index (χ1v) is 9.69. The van der Waals surface area contributed by atoms with Gasteiger partial charge < -0.3 is 10.2 Å². The fraction of sp³-hybridized carbons (Fsp3) is 0.562. The number of nitrogens with zero attached hydrogens (tertiary/aromatic N) is 1. The third-order valence-electron chi connectivity index (χ3n) is 3.91. The van der Waals surface area contributed by atoms with Crippen molar-refractivity contribution in [3.05, 3.63) is 35.4 Å². The number of nitrogens with one attached hydrogen (secondary N) is 1. The maximum absolute atomic E-state index is 12.5. The summed E-state index contributed by atoms with van der Waals surface area (Å²) in [6.07, 6.45) is 1.31. The molecule has 0 saturated carbocycles. The lowest BCUT2D eigenvalue weighted by Crippen LogP contribution is -2.51. The summed E-state index contributed by atoms with van der Waals surface area (Å²) in [4.78, 5) is 14.5. The molecule has 1 atom stereocenters. The maximum Gasteiger partial charge on any atom is 0.253 e. The Kier molecular flexibility index (Phi) is 6.93. The second kappa shape index (κ2) is 8.48. The molecule has 1 aromatic carbocycles. The number of carbonyl (C=O) groups excluding carboxylic acids is 1. The number of rotatable bonds is 2. The van der Waals surface area contributed by atoms with Crippen molar-refractivity contribution in [3.63, 3.8) is 0 Å². The highest BCUT2D eigenvalue weighted by molar-refractivity contribution is 8.16. The lowest BCUT2D eigenvalue weighted by Gasteiger charge is -2.32. The van der Waals surface area contributed by atoms with Crippen molar-refractivity contribution < 1.29 is 4.79 Å². The Morgan fingerprint density at radius 2 is 1.91 bits per heavy atom. The molecule has 3 nitrogen and oxygen atoms in total. The molecule has 3 rings (SSSR count). The van der Waals surface area contributed by atoms with Gasteiger partial charge >= 0.3 is 0 Å². The van der Waals surface area contributed by atoms with Gasteiger partial charge in [0.05, 0.1) is 4.58 Å². The van der Waals surface area contributed by atoms with E-state index >= 15 is 0 Å². The average molecular weight is 359 g/mol. The van der Waals surface area contributed by atoms with Crippen LogP contribution in [0.2, 0.25) is 0 Å². The highest BCUT2D eigenvalue weighted by Crippen LogP contribution is 2.43. The second-order valence-electron chi connectivity index (χ2n) is 5.66. The molecule has 1 unspecified atom stereocenters. The second-order valence-corrected chi connectivity index (χ2v) is 8.38. The third kappa shape index (κ3) is 4.34. The molecule has 22 heavy (non-hydrogen) atoms. The van der Waals surface area contributed by atoms with Gasteiger partial charge in [0.2, 0.25) is 0 Å². The van der Waals surface area contributed by atoms with Gasteiger partial charge in [-0.25, -0.2) is 0 Å². The van der Waals surface area contributed by atoms with E-state index in [-0.39, 0.29) is 18.3 Å². The highest BCUT2D eigenvalue weighted by Gasteiger charge is 2.22. The van der Waals surface area contributed by atoms with Crippen molar-refractivity contribution in [1.82, 2.24) is 10.2 Å². The topological polar surface area (TPSA) is 32.3 Å². The third-order valence-corrected chi connectivity index (χ3v) is 6.93. The number of halogens is 1. The van der Waals surface area contributed by atoms with E-state index < -0.39 is 0 Å². The number of benzene rings is 1. The van der Waals surface area contributed by atoms with Gasteiger partial charge in [0.1, 0.15) is 0 Å². The van der Waals surface area contributed by atoms with E-state index in [0.717, 1.165) is 25.2 Å². The zero-order chi connectivity index (χ0) is 14.7. The predicted octanol–water partition coefficient (Wildman–Crippen LogP) is 3.41. The van der Waals surface area contributed by atoms with E-state index in [2.05, 4.69) is 24.4 Å². The Morgan fingerprint density at radius 3 is 2.55 bits per heavy atom. The Hall–Kier alpha value is -0.360. The van der Waals surface area contributed by atoms with Gasteiger partial charge in [-0.2, -0.15) is 0 Å². The van der Waals surface area contributed by atoms with Crippen LogP contribution in [0.4, 0.5) is 0 Å². The molecule has 2 heterocycles. The molecule has 0 bridgehead atoms. The lowest BCUT2D eigenvalue weighted by molar-refractivity contribution is 0.0709. The number of thioether (sulfide) groups is 2. The molecule has 0 radical (unpaired) electrons. The van der Waals surface area contributed by atoms with Crippen molar-refractivity contribution in [1.29, 1.82) is 0 Å². The van der Waals surface area contributed by atoms with E-state index in [1.165, 1.54) is 23.5 Å². The SMILES string of the molecule is CC1CN(C(=O)c2ccc(C3SCCCS3)cc2)CCN1.Cl. The zero-order valence-corrected chi connectivity index (χ0v) is 15.2. The molecule has 2 aliphatic heterocycles. The normalized spacial score (nSPS) is 23.0. The molecule has 6 heteroatoms. The first-order valence-electron chi connectivity index (χ1n) is 7.60. The van der Waals surface area contributed by atoms with Crippen LogP contribution in [-0.2, 0) is 0 Å². The van der Waals surface area contributed by atoms with Gasteiger partial charge in [0.15, 0.2) is 0 Å². The van der Waals surface area contributed by atoms with E-state index in [4.69, 9.17) is 0 Å². The standard InChI is InChI=1S/C16H22N2OS2.ClH/c1-12-11-18(8-7-17-12)15(19)13-3-5-14(6-4-13)16-20-9-2-10-21-16;/h3-6,12,16-17H,2,7-11H2,1H3;1H. The smallest absolute Gasteiger partial charge is 0.253 e. The summed E-state index contributed by atoms with van der Waals surface area (Å²) in [7, 11) is 0. The molecule has 2 saturated heterocycles. The minimum absolute atomic E-state index is 0. The molecule has 0 aromatic heterocycles. The summed E-state index contributed by atoms with van der Waals surface area (Å²) in [5, 5.41) is 3.37. The summed E-state index contributed by atoms with van der Waals surface area (Å²) in [5.41, 5.74) is 2.16. The van der Waals surface area contributed by atoms with Crippen LogP contribution in [0.25, 0.3) is 0 Å². The Morgan fingerprint density at radius 1 is 1.23 bits per heavy atom. The molecule has 0 aliphatic carbocycles. The van der Waals surface area contributed by atoms with Crippen LogP contribution in [0.5, 0.6) is 0 Å². The number of carbonyl (C=O) groups is 1. The molecule has 1 amide bonds. The van der Waals surface area contributed by atoms with Crippen molar-refractivity contribution in [2.75, 3.05) is 31.1 Å². The number of hydrogen-bond acceptors (Lipinski definition) is 4. The Labute approximate surface area is 147 Å². The number of piperazine rings is 1. The molecule has 2 aliphatic rings. The van der Waals surface area contributed by atoms with E-state index in [1.807, 2.05) is 40.6 Å². The molecular formula is C16H23ClN2OS2. The maximum atomic E-state index is 12.5. The molecule has 2 fully saturated rings. The molecule has 122 valence electrons. The Bertz CT molecular complexity index is 491. The molecule has 1 N–H and O–H groups in total. The number of amides is 1. The summed E-state index contributed by atoms with van der Waals surface area (Å²) in [6.45, 7) is 4.62. The van der Waals surface area contributed by atoms with Gasteiger partial charge in [-0.3, -0.25) is 4.79 Å². The van der Waals surface area contributed by atoms with E-state index in [0.29, 0.717) is 10.6 Å². The van der Waals surface area contributed by atoms with Gasteiger partial charge in [-0.15, -0.1) is 35.9 Å². The average Bonchev–Trinajstić information content (AvgIpc) is 2.55. The van der Waals surface area contributed by atoms with Gasteiger partial charge in [-0.05, 0) is 42.5 Å². The van der Waals surface area contributed by atoms with Crippen molar-refractivity contribution in [3.8, 4) is 0 Å². The first-order chi connectivity index (χ1) is 10.2. The summed E-state index contributed by atoms with van der Waals surface area (Å²) < 4.78 is 0.544. The lowest BCUT2D eigenvalue weighted by atomic mass is 10.1.